The van der Waals surface area contributed by atoms with Crippen LogP contribution in [0.25, 0.3) is 0 Å². The molecular weight excluding hydrogens is 214 g/mol. The van der Waals surface area contributed by atoms with Gasteiger partial charge in [0.1, 0.15) is 5.78 Å². The SMILES string of the molecule is CC(=O)CCCC/C=[N+](\[O-])Cc1ccccc1. The predicted octanol–water partition coefficient (Wildman–Crippen LogP) is 2.92. The number of ketones is 1. The number of rotatable bonds is 7. The molecule has 0 aromatic heterocycles. The second kappa shape index (κ2) is 7.60. The summed E-state index contributed by atoms with van der Waals surface area (Å²) in [6.45, 7) is 1.99. The predicted molar refractivity (Wildman–Crippen MR) is 69.0 cm³/mol. The molecule has 0 unspecified atom stereocenters. The molecule has 0 amide bonds. The molecule has 1 aromatic rings. The number of nitrogens with zero attached hydrogens (tertiary/aromatic N) is 1. The van der Waals surface area contributed by atoms with E-state index < -0.39 is 0 Å². The van der Waals surface area contributed by atoms with Gasteiger partial charge < -0.3 is 10.0 Å². The molecule has 3 heteroatoms. The number of Topliss-reactive ketones (excluding diaryl/α,β-unsaturated/α-hetero) is 1. The van der Waals surface area contributed by atoms with E-state index in [1.54, 1.807) is 13.1 Å². The first-order chi connectivity index (χ1) is 8.18. The van der Waals surface area contributed by atoms with Crippen molar-refractivity contribution in [3.05, 3.63) is 41.1 Å². The maximum Gasteiger partial charge on any atom is 0.178 e. The summed E-state index contributed by atoms with van der Waals surface area (Å²) in [6, 6.07) is 9.67. The molecule has 0 saturated heterocycles. The lowest BCUT2D eigenvalue weighted by Crippen LogP contribution is -2.04. The van der Waals surface area contributed by atoms with Crippen molar-refractivity contribution in [1.29, 1.82) is 0 Å². The van der Waals surface area contributed by atoms with E-state index >= 15 is 0 Å². The van der Waals surface area contributed by atoms with E-state index in [0.717, 1.165) is 29.6 Å². The van der Waals surface area contributed by atoms with Gasteiger partial charge in [-0.3, -0.25) is 0 Å². The number of benzene rings is 1. The first kappa shape index (κ1) is 13.4. The molecule has 0 aliphatic carbocycles. The molecule has 0 heterocycles. The number of hydroxylamine groups is 1. The molecule has 0 atom stereocenters. The molecule has 0 N–H and O–H groups in total. The third-order valence-electron chi connectivity index (χ3n) is 2.50. The molecule has 17 heavy (non-hydrogen) atoms. The van der Waals surface area contributed by atoms with E-state index in [1.807, 2.05) is 30.3 Å². The fourth-order valence-electron chi connectivity index (χ4n) is 1.58. The van der Waals surface area contributed by atoms with Crippen LogP contribution >= 0.6 is 0 Å². The van der Waals surface area contributed by atoms with Crippen molar-refractivity contribution in [2.24, 2.45) is 0 Å². The largest absolute Gasteiger partial charge is 0.624 e. The maximum atomic E-state index is 11.5. The summed E-state index contributed by atoms with van der Waals surface area (Å²) in [5.41, 5.74) is 1.02. The van der Waals surface area contributed by atoms with Crippen LogP contribution in [-0.4, -0.2) is 16.7 Å². The van der Waals surface area contributed by atoms with Crippen molar-refractivity contribution >= 4 is 12.0 Å². The number of hydrogen-bond donors (Lipinski definition) is 0. The van der Waals surface area contributed by atoms with Gasteiger partial charge in [0.05, 0.1) is 0 Å². The lowest BCUT2D eigenvalue weighted by molar-refractivity contribution is -0.471. The van der Waals surface area contributed by atoms with Gasteiger partial charge in [0, 0.05) is 18.4 Å². The Labute approximate surface area is 102 Å². The molecule has 0 bridgehead atoms. The molecule has 0 fully saturated rings. The Bertz CT molecular complexity index is 371. The first-order valence-corrected chi connectivity index (χ1v) is 5.99. The van der Waals surface area contributed by atoms with Crippen molar-refractivity contribution < 1.29 is 9.53 Å². The van der Waals surface area contributed by atoms with Gasteiger partial charge in [0.2, 0.25) is 0 Å². The minimum absolute atomic E-state index is 0.216. The number of unbranched alkanes of at least 4 members (excludes halogenated alkanes) is 2. The van der Waals surface area contributed by atoms with Crippen LogP contribution in [0.3, 0.4) is 0 Å². The summed E-state index contributed by atoms with van der Waals surface area (Å²) in [4.78, 5) is 10.7. The Kier molecular flexibility index (Phi) is 6.00. The Morgan fingerprint density at radius 3 is 2.65 bits per heavy atom. The molecule has 1 rings (SSSR count). The zero-order chi connectivity index (χ0) is 12.5. The average molecular weight is 233 g/mol. The van der Waals surface area contributed by atoms with E-state index in [1.165, 1.54) is 0 Å². The van der Waals surface area contributed by atoms with Gasteiger partial charge in [0.25, 0.3) is 0 Å². The normalized spacial score (nSPS) is 11.5. The van der Waals surface area contributed by atoms with E-state index in [9.17, 15) is 10.0 Å². The number of carbonyl (C=O) groups excluding carboxylic acids is 1. The minimum Gasteiger partial charge on any atom is -0.624 e. The zero-order valence-electron chi connectivity index (χ0n) is 10.3. The molecule has 1 aromatic carbocycles. The van der Waals surface area contributed by atoms with E-state index in [4.69, 9.17) is 0 Å². The van der Waals surface area contributed by atoms with E-state index in [2.05, 4.69) is 0 Å². The summed E-state index contributed by atoms with van der Waals surface area (Å²) in [5, 5.41) is 11.5. The minimum atomic E-state index is 0.216. The monoisotopic (exact) mass is 233 g/mol. The van der Waals surface area contributed by atoms with Gasteiger partial charge in [-0.15, -0.1) is 0 Å². The fraction of sp³-hybridized carbons (Fsp3) is 0.429. The van der Waals surface area contributed by atoms with Gasteiger partial charge in [0.15, 0.2) is 12.8 Å². The highest BCUT2D eigenvalue weighted by Crippen LogP contribution is 2.01. The van der Waals surface area contributed by atoms with Crippen LogP contribution < -0.4 is 0 Å². The molecule has 92 valence electrons. The highest BCUT2D eigenvalue weighted by molar-refractivity contribution is 5.75. The highest BCUT2D eigenvalue weighted by Gasteiger charge is 1.97. The Morgan fingerprint density at radius 1 is 1.29 bits per heavy atom. The van der Waals surface area contributed by atoms with Crippen molar-refractivity contribution in [1.82, 2.24) is 0 Å². The second-order valence-corrected chi connectivity index (χ2v) is 4.19. The van der Waals surface area contributed by atoms with Gasteiger partial charge in [-0.25, -0.2) is 4.74 Å². The van der Waals surface area contributed by atoms with Crippen molar-refractivity contribution in [2.45, 2.75) is 39.2 Å². The Balaban J connectivity index is 2.23. The Hall–Kier alpha value is -1.64. The zero-order valence-corrected chi connectivity index (χ0v) is 10.3. The molecule has 0 aliphatic heterocycles. The first-order valence-electron chi connectivity index (χ1n) is 5.99. The topological polar surface area (TPSA) is 43.1 Å². The fourth-order valence-corrected chi connectivity index (χ4v) is 1.58. The maximum absolute atomic E-state index is 11.5. The van der Waals surface area contributed by atoms with Crippen molar-refractivity contribution in [3.63, 3.8) is 0 Å². The van der Waals surface area contributed by atoms with Crippen LogP contribution in [0.4, 0.5) is 0 Å². The van der Waals surface area contributed by atoms with E-state index in [0.29, 0.717) is 13.0 Å². The summed E-state index contributed by atoms with van der Waals surface area (Å²) < 4.78 is 0.961. The number of hydrogen-bond acceptors (Lipinski definition) is 2. The smallest absolute Gasteiger partial charge is 0.178 e. The van der Waals surface area contributed by atoms with Gasteiger partial charge in [-0.05, 0) is 19.8 Å². The van der Waals surface area contributed by atoms with Crippen LogP contribution in [0.15, 0.2) is 30.3 Å². The van der Waals surface area contributed by atoms with Gasteiger partial charge in [-0.2, -0.15) is 0 Å². The molecule has 0 aliphatic rings. The molecule has 0 saturated carbocycles. The molecule has 0 spiro atoms. The number of carbonyl (C=O) groups is 1. The van der Waals surface area contributed by atoms with Gasteiger partial charge >= 0.3 is 0 Å². The van der Waals surface area contributed by atoms with Gasteiger partial charge in [-0.1, -0.05) is 30.3 Å². The third kappa shape index (κ3) is 6.51. The Morgan fingerprint density at radius 2 is 2.00 bits per heavy atom. The quantitative estimate of drug-likeness (QED) is 0.239. The van der Waals surface area contributed by atoms with Crippen LogP contribution in [0.1, 0.15) is 38.2 Å². The average Bonchev–Trinajstić information content (AvgIpc) is 2.29. The summed E-state index contributed by atoms with van der Waals surface area (Å²) >= 11 is 0. The second-order valence-electron chi connectivity index (χ2n) is 4.19. The summed E-state index contributed by atoms with van der Waals surface area (Å²) in [6.07, 6.45) is 4.78. The lowest BCUT2D eigenvalue weighted by Gasteiger charge is -2.03. The standard InChI is InChI=1S/C14H19NO2/c1-13(16)8-4-3-7-11-15(17)12-14-9-5-2-6-10-14/h2,5-6,9-11H,3-4,7-8,12H2,1H3/b15-11-. The highest BCUT2D eigenvalue weighted by atomic mass is 16.5. The summed E-state index contributed by atoms with van der Waals surface area (Å²) in [7, 11) is 0. The van der Waals surface area contributed by atoms with Crippen LogP contribution in [-0.2, 0) is 11.3 Å². The van der Waals surface area contributed by atoms with Crippen molar-refractivity contribution in [3.8, 4) is 0 Å². The molecule has 0 radical (unpaired) electrons. The van der Waals surface area contributed by atoms with E-state index in [-0.39, 0.29) is 5.78 Å². The summed E-state index contributed by atoms with van der Waals surface area (Å²) in [5.74, 6) is 0.216. The lowest BCUT2D eigenvalue weighted by atomic mass is 10.1. The van der Waals surface area contributed by atoms with Crippen LogP contribution in [0.5, 0.6) is 0 Å². The van der Waals surface area contributed by atoms with Crippen molar-refractivity contribution in [2.75, 3.05) is 0 Å². The van der Waals surface area contributed by atoms with Crippen LogP contribution in [0, 0.1) is 5.21 Å². The molecular formula is C14H19NO2. The third-order valence-corrected chi connectivity index (χ3v) is 2.50. The van der Waals surface area contributed by atoms with Crippen LogP contribution in [0.2, 0.25) is 0 Å². The molecule has 3 nitrogen and oxygen atoms in total.